The molecule has 2 atom stereocenters. The van der Waals surface area contributed by atoms with Crippen LogP contribution >= 0.6 is 0 Å². The molecule has 0 radical (unpaired) electrons. The molecule has 0 saturated carbocycles. The van der Waals surface area contributed by atoms with E-state index >= 15 is 0 Å². The molecule has 3 rings (SSSR count). The average Bonchev–Trinajstić information content (AvgIpc) is 2.82. The van der Waals surface area contributed by atoms with E-state index in [4.69, 9.17) is 4.74 Å². The van der Waals surface area contributed by atoms with Crippen LogP contribution in [0.15, 0.2) is 52.2 Å². The molecule has 39 heavy (non-hydrogen) atoms. The van der Waals surface area contributed by atoms with Crippen LogP contribution in [0.25, 0.3) is 10.9 Å². The van der Waals surface area contributed by atoms with Crippen LogP contribution in [0, 0.1) is 17.5 Å². The Labute approximate surface area is 225 Å². The predicted octanol–water partition coefficient (Wildman–Crippen LogP) is 4.67. The van der Waals surface area contributed by atoms with Gasteiger partial charge in [-0.3, -0.25) is 19.1 Å². The van der Waals surface area contributed by atoms with Gasteiger partial charge in [-0.2, -0.15) is 0 Å². The third-order valence-corrected chi connectivity index (χ3v) is 7.82. The Hall–Kier alpha value is -3.51. The summed E-state index contributed by atoms with van der Waals surface area (Å²) in [5, 5.41) is 2.44. The number of hydrogen-bond donors (Lipinski definition) is 1. The number of amides is 1. The monoisotopic (exact) mass is 562 g/mol. The molecule has 8 nitrogen and oxygen atoms in total. The predicted molar refractivity (Wildman–Crippen MR) is 146 cm³/mol. The minimum Gasteiger partial charge on any atom is -0.361 e. The van der Waals surface area contributed by atoms with E-state index in [0.29, 0.717) is 18.2 Å². The second-order valence-electron chi connectivity index (χ2n) is 10.8. The summed E-state index contributed by atoms with van der Waals surface area (Å²) in [6.45, 7) is 13.6. The van der Waals surface area contributed by atoms with E-state index in [9.17, 15) is 27.6 Å². The number of benzene rings is 1. The summed E-state index contributed by atoms with van der Waals surface area (Å²) < 4.78 is 49.5. The number of rotatable bonds is 11. The number of fused-ring (bicyclic) bond motifs is 1. The molecule has 12 heteroatoms. The van der Waals surface area contributed by atoms with Gasteiger partial charge in [-0.25, -0.2) is 22.5 Å². The number of nitrogens with zero attached hydrogens (tertiary/aromatic N) is 3. The van der Waals surface area contributed by atoms with Gasteiger partial charge in [0.2, 0.25) is 5.91 Å². The fraction of sp³-hybridized carbons (Fsp3) is 0.407. The number of carbonyl (C=O) groups excluding carboxylic acids is 1. The summed E-state index contributed by atoms with van der Waals surface area (Å²) in [4.78, 5) is 44.4. The van der Waals surface area contributed by atoms with Gasteiger partial charge in [-0.05, 0) is 44.5 Å². The molecule has 0 aliphatic rings. The largest absolute Gasteiger partial charge is 0.361 e. The molecular weight excluding hydrogens is 529 g/mol. The number of aromatic nitrogens is 3. The van der Waals surface area contributed by atoms with E-state index in [-0.39, 0.29) is 29.7 Å². The minimum absolute atomic E-state index is 0.107. The lowest BCUT2D eigenvalue weighted by atomic mass is 10.1. The lowest BCUT2D eigenvalue weighted by Crippen LogP contribution is -2.47. The maximum Gasteiger partial charge on any atom is 0.334 e. The third-order valence-electron chi connectivity index (χ3n) is 6.11. The lowest BCUT2D eigenvalue weighted by Gasteiger charge is -2.23. The van der Waals surface area contributed by atoms with E-state index in [1.807, 2.05) is 0 Å². The standard InChI is InChI=1S/C27H33F3N4O4Si/c1-16(2)11-23(25(35)32-17(3)24-21(30)13-19(29)14-31-24)34-26(36)20-12-18(28)7-8-22(20)33(27(34)37)15-38-9-10-39(4,5)6/h7-8,12-14,17,23H,1,9-11,15H2,2-6H3,(H,32,35)/t17-,23?/m0/s1. The summed E-state index contributed by atoms with van der Waals surface area (Å²) in [6.07, 6.45) is 0.708. The first-order chi connectivity index (χ1) is 18.2. The SMILES string of the molecule is C=C(C)CC(C(=O)N[C@@H](C)c1ncc(F)cc1F)n1c(=O)c2cc(F)ccc2n(COCC[Si](C)(C)C)c1=O. The van der Waals surface area contributed by atoms with Crippen molar-refractivity contribution >= 4 is 24.9 Å². The molecule has 3 aromatic rings. The van der Waals surface area contributed by atoms with Gasteiger partial charge in [0.1, 0.15) is 30.2 Å². The highest BCUT2D eigenvalue weighted by molar-refractivity contribution is 6.76. The van der Waals surface area contributed by atoms with Crippen LogP contribution in [0.4, 0.5) is 13.2 Å². The van der Waals surface area contributed by atoms with E-state index in [1.54, 1.807) is 6.92 Å². The van der Waals surface area contributed by atoms with Crippen LogP contribution < -0.4 is 16.6 Å². The molecule has 0 aliphatic heterocycles. The third kappa shape index (κ3) is 7.33. The minimum atomic E-state index is -1.42. The van der Waals surface area contributed by atoms with Crippen molar-refractivity contribution in [3.63, 3.8) is 0 Å². The molecule has 0 saturated heterocycles. The van der Waals surface area contributed by atoms with Crippen molar-refractivity contribution < 1.29 is 22.7 Å². The summed E-state index contributed by atoms with van der Waals surface area (Å²) in [6, 6.07) is 2.51. The van der Waals surface area contributed by atoms with Crippen LogP contribution in [0.2, 0.25) is 25.7 Å². The zero-order chi connectivity index (χ0) is 29.1. The molecule has 0 spiro atoms. The van der Waals surface area contributed by atoms with Crippen LogP contribution in [-0.4, -0.2) is 34.7 Å². The van der Waals surface area contributed by atoms with Gasteiger partial charge in [0.25, 0.3) is 5.56 Å². The van der Waals surface area contributed by atoms with Crippen LogP contribution in [-0.2, 0) is 16.3 Å². The molecule has 2 heterocycles. The first-order valence-corrected chi connectivity index (χ1v) is 16.2. The van der Waals surface area contributed by atoms with Gasteiger partial charge in [-0.15, -0.1) is 6.58 Å². The lowest BCUT2D eigenvalue weighted by molar-refractivity contribution is -0.125. The van der Waals surface area contributed by atoms with Crippen LogP contribution in [0.1, 0.15) is 38.0 Å². The Morgan fingerprint density at radius 1 is 1.15 bits per heavy atom. The number of ether oxygens (including phenoxy) is 1. The van der Waals surface area contributed by atoms with Gasteiger partial charge < -0.3 is 10.1 Å². The molecule has 2 aromatic heterocycles. The van der Waals surface area contributed by atoms with E-state index < -0.39 is 54.8 Å². The second-order valence-corrected chi connectivity index (χ2v) is 16.4. The molecule has 0 bridgehead atoms. The molecule has 0 aliphatic carbocycles. The van der Waals surface area contributed by atoms with E-state index in [2.05, 4.69) is 36.5 Å². The molecule has 1 aromatic carbocycles. The Morgan fingerprint density at radius 3 is 2.46 bits per heavy atom. The van der Waals surface area contributed by atoms with Crippen LogP contribution in [0.5, 0.6) is 0 Å². The maximum absolute atomic E-state index is 14.3. The molecule has 1 N–H and O–H groups in total. The van der Waals surface area contributed by atoms with E-state index in [1.165, 1.54) is 17.6 Å². The number of allylic oxidation sites excluding steroid dienone is 1. The highest BCUT2D eigenvalue weighted by Gasteiger charge is 2.29. The first kappa shape index (κ1) is 30.0. The Morgan fingerprint density at radius 2 is 1.85 bits per heavy atom. The quantitative estimate of drug-likeness (QED) is 0.208. The van der Waals surface area contributed by atoms with Crippen molar-refractivity contribution in [1.29, 1.82) is 0 Å². The normalized spacial score (nSPS) is 13.3. The van der Waals surface area contributed by atoms with Crippen molar-refractivity contribution in [2.45, 2.75) is 64.8 Å². The van der Waals surface area contributed by atoms with Crippen molar-refractivity contribution in [2.75, 3.05) is 6.61 Å². The van der Waals surface area contributed by atoms with Crippen molar-refractivity contribution in [3.8, 4) is 0 Å². The summed E-state index contributed by atoms with van der Waals surface area (Å²) >= 11 is 0. The van der Waals surface area contributed by atoms with Crippen LogP contribution in [0.3, 0.4) is 0 Å². The maximum atomic E-state index is 14.3. The molecule has 210 valence electrons. The molecule has 0 fully saturated rings. The topological polar surface area (TPSA) is 95.2 Å². The number of halogens is 3. The Kier molecular flexibility index (Phi) is 9.33. The Bertz CT molecular complexity index is 1510. The summed E-state index contributed by atoms with van der Waals surface area (Å²) in [7, 11) is -1.42. The van der Waals surface area contributed by atoms with Gasteiger partial charge in [0, 0.05) is 20.7 Å². The number of nitrogens with one attached hydrogen (secondary N) is 1. The second kappa shape index (κ2) is 12.1. The zero-order valence-electron chi connectivity index (χ0n) is 22.7. The summed E-state index contributed by atoms with van der Waals surface area (Å²) in [5.41, 5.74) is -1.27. The fourth-order valence-electron chi connectivity index (χ4n) is 4.05. The van der Waals surface area contributed by atoms with E-state index in [0.717, 1.165) is 28.9 Å². The number of hydrogen-bond acceptors (Lipinski definition) is 5. The van der Waals surface area contributed by atoms with Gasteiger partial charge in [-0.1, -0.05) is 25.2 Å². The first-order valence-electron chi connectivity index (χ1n) is 12.5. The smallest absolute Gasteiger partial charge is 0.334 e. The number of carbonyl (C=O) groups is 1. The van der Waals surface area contributed by atoms with Crippen molar-refractivity contribution in [2.24, 2.45) is 0 Å². The molecular formula is C27H33F3N4O4Si. The zero-order valence-corrected chi connectivity index (χ0v) is 23.7. The fourth-order valence-corrected chi connectivity index (χ4v) is 4.81. The van der Waals surface area contributed by atoms with Crippen molar-refractivity contribution in [3.05, 3.63) is 86.6 Å². The van der Waals surface area contributed by atoms with Gasteiger partial charge in [0.15, 0.2) is 0 Å². The molecule has 1 unspecified atom stereocenters. The van der Waals surface area contributed by atoms with Gasteiger partial charge >= 0.3 is 5.69 Å². The van der Waals surface area contributed by atoms with Gasteiger partial charge in [0.05, 0.1) is 28.8 Å². The van der Waals surface area contributed by atoms with Crippen molar-refractivity contribution in [1.82, 2.24) is 19.4 Å². The summed E-state index contributed by atoms with van der Waals surface area (Å²) in [5.74, 6) is -3.33. The number of pyridine rings is 1. The highest BCUT2D eigenvalue weighted by Crippen LogP contribution is 2.20. The molecule has 1 amide bonds. The average molecular weight is 563 g/mol. The highest BCUT2D eigenvalue weighted by atomic mass is 28.3. The Balaban J connectivity index is 2.08.